The highest BCUT2D eigenvalue weighted by atomic mass is 14.6. The van der Waals surface area contributed by atoms with Crippen molar-refractivity contribution in [2.45, 2.75) is 6.42 Å². The van der Waals surface area contributed by atoms with Gasteiger partial charge in [0.05, 0.1) is 0 Å². The highest BCUT2D eigenvalue weighted by molar-refractivity contribution is 5.49. The van der Waals surface area contributed by atoms with E-state index < -0.39 is 0 Å². The van der Waals surface area contributed by atoms with Crippen LogP contribution in [0.4, 0.5) is 0 Å². The second-order valence-electron chi connectivity index (χ2n) is 3.69. The zero-order valence-electron chi connectivity index (χ0n) is 6.33. The Morgan fingerprint density at radius 1 is 0.636 bits per heavy atom. The third kappa shape index (κ3) is 0.484. The fourth-order valence-electron chi connectivity index (χ4n) is 2.32. The van der Waals surface area contributed by atoms with Crippen molar-refractivity contribution in [3.8, 4) is 0 Å². The van der Waals surface area contributed by atoms with Crippen LogP contribution in [0.5, 0.6) is 0 Å². The molecule has 0 aromatic carbocycles. The van der Waals surface area contributed by atoms with Gasteiger partial charge in [-0.3, -0.25) is 0 Å². The first-order valence-electron chi connectivity index (χ1n) is 4.11. The molecule has 0 nitrogen and oxygen atoms in total. The van der Waals surface area contributed by atoms with Gasteiger partial charge in [-0.25, -0.2) is 0 Å². The van der Waals surface area contributed by atoms with E-state index in [2.05, 4.69) is 48.6 Å². The maximum absolute atomic E-state index is 2.33. The monoisotopic (exact) mass is 142 g/mol. The molecule has 1 saturated carbocycles. The summed E-state index contributed by atoms with van der Waals surface area (Å²) in [5.41, 5.74) is 0.771. The topological polar surface area (TPSA) is 0 Å². The molecule has 0 aromatic heterocycles. The van der Waals surface area contributed by atoms with Crippen LogP contribution in [0.2, 0.25) is 0 Å². The standard InChI is InChI=1S/C11H10/c1-2-6-11-8-4-3-7-10(11,5-1)9-11/h1-8H,9H2. The molecule has 0 heterocycles. The molecule has 1 fully saturated rings. The summed E-state index contributed by atoms with van der Waals surface area (Å²) in [6, 6.07) is 0. The van der Waals surface area contributed by atoms with E-state index in [1.165, 1.54) is 6.42 Å². The van der Waals surface area contributed by atoms with Crippen LogP contribution in [-0.2, 0) is 0 Å². The molecule has 0 spiro atoms. The highest BCUT2D eigenvalue weighted by Gasteiger charge is 2.62. The van der Waals surface area contributed by atoms with Crippen LogP contribution in [0.15, 0.2) is 48.6 Å². The van der Waals surface area contributed by atoms with Gasteiger partial charge in [0.1, 0.15) is 0 Å². The van der Waals surface area contributed by atoms with Crippen molar-refractivity contribution in [2.75, 3.05) is 0 Å². The highest BCUT2D eigenvalue weighted by Crippen LogP contribution is 2.69. The zero-order chi connectivity index (χ0) is 7.36. The maximum atomic E-state index is 2.33. The Kier molecular flexibility index (Phi) is 0.724. The molecule has 0 N–H and O–H groups in total. The lowest BCUT2D eigenvalue weighted by molar-refractivity contribution is 0.660. The summed E-state index contributed by atoms with van der Waals surface area (Å²) in [7, 11) is 0. The second kappa shape index (κ2) is 1.42. The molecule has 0 saturated heterocycles. The molecule has 0 bridgehead atoms. The molecule has 0 radical (unpaired) electrons. The molecule has 3 rings (SSSR count). The molecule has 11 heavy (non-hydrogen) atoms. The molecule has 0 unspecified atom stereocenters. The smallest absolute Gasteiger partial charge is 0.0205 e. The van der Waals surface area contributed by atoms with Crippen molar-refractivity contribution in [3.05, 3.63) is 48.6 Å². The minimum absolute atomic E-state index is 0.385. The summed E-state index contributed by atoms with van der Waals surface area (Å²) in [5.74, 6) is 0. The molecule has 3 aliphatic rings. The van der Waals surface area contributed by atoms with Crippen LogP contribution in [0.1, 0.15) is 6.42 Å². The fraction of sp³-hybridized carbons (Fsp3) is 0.273. The van der Waals surface area contributed by atoms with E-state index in [4.69, 9.17) is 0 Å². The van der Waals surface area contributed by atoms with Crippen molar-refractivity contribution >= 4 is 0 Å². The van der Waals surface area contributed by atoms with Crippen LogP contribution in [0.3, 0.4) is 0 Å². The van der Waals surface area contributed by atoms with Crippen molar-refractivity contribution in [1.82, 2.24) is 0 Å². The van der Waals surface area contributed by atoms with Gasteiger partial charge in [-0.05, 0) is 6.42 Å². The molecule has 3 aliphatic carbocycles. The maximum Gasteiger partial charge on any atom is 0.0205 e. The molecule has 0 heteroatoms. The van der Waals surface area contributed by atoms with Gasteiger partial charge in [0.15, 0.2) is 0 Å². The predicted molar refractivity (Wildman–Crippen MR) is 46.0 cm³/mol. The van der Waals surface area contributed by atoms with Crippen LogP contribution < -0.4 is 0 Å². The van der Waals surface area contributed by atoms with Gasteiger partial charge < -0.3 is 0 Å². The molecule has 0 aromatic rings. The van der Waals surface area contributed by atoms with Gasteiger partial charge in [0, 0.05) is 10.8 Å². The van der Waals surface area contributed by atoms with Crippen LogP contribution in [-0.4, -0.2) is 0 Å². The normalized spacial score (nSPS) is 48.7. The van der Waals surface area contributed by atoms with Gasteiger partial charge in [0.25, 0.3) is 0 Å². The van der Waals surface area contributed by atoms with Crippen LogP contribution in [0, 0.1) is 10.8 Å². The van der Waals surface area contributed by atoms with Crippen molar-refractivity contribution < 1.29 is 0 Å². The summed E-state index contributed by atoms with van der Waals surface area (Å²) in [5, 5.41) is 0. The second-order valence-corrected chi connectivity index (χ2v) is 3.69. The molecular weight excluding hydrogens is 132 g/mol. The molecular formula is C11H10. The Morgan fingerprint density at radius 2 is 1.00 bits per heavy atom. The first kappa shape index (κ1) is 5.59. The quantitative estimate of drug-likeness (QED) is 0.487. The lowest BCUT2D eigenvalue weighted by atomic mass is 9.85. The Hall–Kier alpha value is -1.04. The molecule has 0 atom stereocenters. The van der Waals surface area contributed by atoms with E-state index in [1.54, 1.807) is 0 Å². The van der Waals surface area contributed by atoms with Crippen LogP contribution >= 0.6 is 0 Å². The van der Waals surface area contributed by atoms with E-state index >= 15 is 0 Å². The van der Waals surface area contributed by atoms with E-state index in [0.717, 1.165) is 0 Å². The fourth-order valence-corrected chi connectivity index (χ4v) is 2.32. The molecule has 0 amide bonds. The molecule has 54 valence electrons. The predicted octanol–water partition coefficient (Wildman–Crippen LogP) is 2.61. The third-order valence-corrected chi connectivity index (χ3v) is 3.12. The van der Waals surface area contributed by atoms with E-state index in [1.807, 2.05) is 0 Å². The number of hydrogen-bond acceptors (Lipinski definition) is 0. The van der Waals surface area contributed by atoms with E-state index in [9.17, 15) is 0 Å². The number of rotatable bonds is 0. The first-order valence-corrected chi connectivity index (χ1v) is 4.11. The average molecular weight is 142 g/mol. The zero-order valence-corrected chi connectivity index (χ0v) is 6.33. The largest absolute Gasteiger partial charge is 0.0733 e. The Bertz CT molecular complexity index is 257. The third-order valence-electron chi connectivity index (χ3n) is 3.12. The number of allylic oxidation sites excluding steroid dienone is 8. The van der Waals surface area contributed by atoms with E-state index in [0.29, 0.717) is 10.8 Å². The summed E-state index contributed by atoms with van der Waals surface area (Å²) in [6.07, 6.45) is 19.2. The summed E-state index contributed by atoms with van der Waals surface area (Å²) >= 11 is 0. The van der Waals surface area contributed by atoms with Crippen LogP contribution in [0.25, 0.3) is 0 Å². The Labute approximate surface area is 66.6 Å². The summed E-state index contributed by atoms with van der Waals surface area (Å²) in [4.78, 5) is 0. The van der Waals surface area contributed by atoms with Gasteiger partial charge in [0.2, 0.25) is 0 Å². The lowest BCUT2D eigenvalue weighted by Crippen LogP contribution is -2.09. The van der Waals surface area contributed by atoms with Crippen molar-refractivity contribution in [2.24, 2.45) is 10.8 Å². The van der Waals surface area contributed by atoms with Gasteiger partial charge in [-0.1, -0.05) is 48.6 Å². The Balaban J connectivity index is 2.19. The van der Waals surface area contributed by atoms with E-state index in [-0.39, 0.29) is 0 Å². The molecule has 0 aliphatic heterocycles. The van der Waals surface area contributed by atoms with Crippen molar-refractivity contribution in [1.29, 1.82) is 0 Å². The average Bonchev–Trinajstić information content (AvgIpc) is 2.72. The van der Waals surface area contributed by atoms with Crippen molar-refractivity contribution in [3.63, 3.8) is 0 Å². The van der Waals surface area contributed by atoms with Gasteiger partial charge in [-0.15, -0.1) is 0 Å². The minimum atomic E-state index is 0.385. The summed E-state index contributed by atoms with van der Waals surface area (Å²) in [6.45, 7) is 0. The lowest BCUT2D eigenvalue weighted by Gasteiger charge is -2.18. The number of hydrogen-bond donors (Lipinski definition) is 0. The first-order chi connectivity index (χ1) is 5.37. The summed E-state index contributed by atoms with van der Waals surface area (Å²) < 4.78 is 0. The van der Waals surface area contributed by atoms with Gasteiger partial charge in [-0.2, -0.15) is 0 Å². The Morgan fingerprint density at radius 3 is 1.36 bits per heavy atom. The SMILES string of the molecule is C1=CC23C=CC=CC2(C=C1)C3. The minimum Gasteiger partial charge on any atom is -0.0733 e. The van der Waals surface area contributed by atoms with Gasteiger partial charge >= 0.3 is 0 Å².